The van der Waals surface area contributed by atoms with Crippen molar-refractivity contribution in [1.82, 2.24) is 9.97 Å². The first-order valence-corrected chi connectivity index (χ1v) is 4.30. The summed E-state index contributed by atoms with van der Waals surface area (Å²) in [7, 11) is 0. The number of aromatic amines is 1. The predicted octanol–water partition coefficient (Wildman–Crippen LogP) is 0.819. The summed E-state index contributed by atoms with van der Waals surface area (Å²) in [6.45, 7) is 0. The van der Waals surface area contributed by atoms with E-state index in [4.69, 9.17) is 16.7 Å². The third kappa shape index (κ3) is 1.84. The van der Waals surface area contributed by atoms with Crippen LogP contribution in [-0.4, -0.2) is 15.1 Å². The maximum absolute atomic E-state index is 10.9. The Bertz CT molecular complexity index is 325. The molecule has 0 aliphatic carbocycles. The van der Waals surface area contributed by atoms with Crippen LogP contribution in [0.1, 0.15) is 5.82 Å². The molecule has 0 atom stereocenters. The monoisotopic (exact) mass is 286 g/mol. The van der Waals surface area contributed by atoms with Crippen LogP contribution in [0.5, 0.6) is 5.88 Å². The van der Waals surface area contributed by atoms with E-state index in [1.54, 1.807) is 22.6 Å². The van der Waals surface area contributed by atoms with Crippen LogP contribution in [-0.2, 0) is 5.88 Å². The summed E-state index contributed by atoms with van der Waals surface area (Å²) in [5.74, 6) is 0.0827. The standard InChI is InChI=1S/C5H4ClIN2O2/c6-1-2-8-4(10)3(7)5(11)9-2/h1H2,(H2,8,9,10,11). The molecule has 0 saturated heterocycles. The Morgan fingerprint density at radius 3 is 2.82 bits per heavy atom. The number of rotatable bonds is 1. The molecule has 0 aromatic carbocycles. The van der Waals surface area contributed by atoms with Crippen molar-refractivity contribution >= 4 is 34.2 Å². The quantitative estimate of drug-likeness (QED) is 0.593. The van der Waals surface area contributed by atoms with Gasteiger partial charge in [0, 0.05) is 0 Å². The molecule has 0 radical (unpaired) electrons. The molecular weight excluding hydrogens is 282 g/mol. The molecule has 1 heterocycles. The maximum Gasteiger partial charge on any atom is 0.268 e. The van der Waals surface area contributed by atoms with Gasteiger partial charge in [-0.3, -0.25) is 4.79 Å². The maximum atomic E-state index is 10.9. The number of nitrogens with zero attached hydrogens (tertiary/aromatic N) is 1. The van der Waals surface area contributed by atoms with Crippen molar-refractivity contribution in [1.29, 1.82) is 0 Å². The Morgan fingerprint density at radius 2 is 2.36 bits per heavy atom. The van der Waals surface area contributed by atoms with E-state index in [-0.39, 0.29) is 26.7 Å². The number of hydrogen-bond donors (Lipinski definition) is 2. The Hall–Kier alpha value is -0.300. The first kappa shape index (κ1) is 8.79. The van der Waals surface area contributed by atoms with Crippen LogP contribution in [0.4, 0.5) is 0 Å². The first-order chi connectivity index (χ1) is 5.15. The number of hydrogen-bond acceptors (Lipinski definition) is 3. The van der Waals surface area contributed by atoms with Crippen molar-refractivity contribution < 1.29 is 5.11 Å². The number of alkyl halides is 1. The van der Waals surface area contributed by atoms with Gasteiger partial charge in [-0.1, -0.05) is 0 Å². The molecule has 0 bridgehead atoms. The molecule has 2 N–H and O–H groups in total. The molecule has 0 amide bonds. The Kier molecular flexibility index (Phi) is 2.72. The van der Waals surface area contributed by atoms with Crippen LogP contribution >= 0.6 is 34.2 Å². The van der Waals surface area contributed by atoms with Gasteiger partial charge in [0.25, 0.3) is 5.56 Å². The summed E-state index contributed by atoms with van der Waals surface area (Å²) < 4.78 is 0.177. The van der Waals surface area contributed by atoms with E-state index in [1.807, 2.05) is 0 Å². The van der Waals surface area contributed by atoms with Crippen molar-refractivity contribution in [2.75, 3.05) is 0 Å². The molecule has 60 valence electrons. The summed E-state index contributed by atoms with van der Waals surface area (Å²) in [6, 6.07) is 0. The first-order valence-electron chi connectivity index (χ1n) is 2.68. The zero-order valence-electron chi connectivity index (χ0n) is 5.27. The lowest BCUT2D eigenvalue weighted by atomic mass is 10.6. The molecule has 1 aromatic rings. The molecule has 0 aliphatic heterocycles. The fourth-order valence-electron chi connectivity index (χ4n) is 0.556. The third-order valence-corrected chi connectivity index (χ3v) is 2.25. The highest BCUT2D eigenvalue weighted by Gasteiger charge is 2.05. The van der Waals surface area contributed by atoms with Crippen LogP contribution in [0.2, 0.25) is 0 Å². The van der Waals surface area contributed by atoms with Crippen LogP contribution < -0.4 is 5.56 Å². The highest BCUT2D eigenvalue weighted by Crippen LogP contribution is 2.10. The van der Waals surface area contributed by atoms with Crippen molar-refractivity contribution in [3.05, 3.63) is 19.7 Å². The third-order valence-electron chi connectivity index (χ3n) is 1.02. The lowest BCUT2D eigenvalue weighted by molar-refractivity contribution is 0.444. The summed E-state index contributed by atoms with van der Waals surface area (Å²) in [5, 5.41) is 9.01. The van der Waals surface area contributed by atoms with Crippen LogP contribution in [0, 0.1) is 3.57 Å². The van der Waals surface area contributed by atoms with Gasteiger partial charge in [-0.15, -0.1) is 11.6 Å². The minimum atomic E-state index is -0.367. The van der Waals surface area contributed by atoms with Crippen molar-refractivity contribution in [2.45, 2.75) is 5.88 Å². The molecule has 4 nitrogen and oxygen atoms in total. The minimum absolute atomic E-state index is 0.0831. The summed E-state index contributed by atoms with van der Waals surface area (Å²) in [5.41, 5.74) is -0.367. The highest BCUT2D eigenvalue weighted by atomic mass is 127. The SMILES string of the molecule is O=c1[nH]c(CCl)nc(O)c1I. The van der Waals surface area contributed by atoms with Crippen LogP contribution in [0.3, 0.4) is 0 Å². The van der Waals surface area contributed by atoms with Gasteiger partial charge in [-0.05, 0) is 22.6 Å². The number of aromatic nitrogens is 2. The highest BCUT2D eigenvalue weighted by molar-refractivity contribution is 14.1. The number of nitrogens with one attached hydrogen (secondary N) is 1. The van der Waals surface area contributed by atoms with E-state index in [0.29, 0.717) is 0 Å². The molecule has 0 unspecified atom stereocenters. The molecule has 11 heavy (non-hydrogen) atoms. The van der Waals surface area contributed by atoms with Crippen molar-refractivity contribution in [2.24, 2.45) is 0 Å². The zero-order valence-corrected chi connectivity index (χ0v) is 8.18. The Balaban J connectivity index is 3.32. The van der Waals surface area contributed by atoms with Gasteiger partial charge in [0.2, 0.25) is 5.88 Å². The number of aromatic hydroxyl groups is 1. The van der Waals surface area contributed by atoms with Gasteiger partial charge in [0.05, 0.1) is 5.88 Å². The predicted molar refractivity (Wildman–Crippen MR) is 48.8 cm³/mol. The largest absolute Gasteiger partial charge is 0.492 e. The van der Waals surface area contributed by atoms with Gasteiger partial charge in [0.15, 0.2) is 0 Å². The van der Waals surface area contributed by atoms with E-state index in [1.165, 1.54) is 0 Å². The van der Waals surface area contributed by atoms with Crippen molar-refractivity contribution in [3.8, 4) is 5.88 Å². The average molecular weight is 286 g/mol. The molecular formula is C5H4ClIN2O2. The second-order valence-corrected chi connectivity index (χ2v) is 3.13. The Labute approximate surface area is 80.8 Å². The molecule has 0 fully saturated rings. The minimum Gasteiger partial charge on any atom is -0.492 e. The summed E-state index contributed by atoms with van der Waals surface area (Å²) >= 11 is 7.08. The topological polar surface area (TPSA) is 66.0 Å². The summed E-state index contributed by atoms with van der Waals surface area (Å²) in [4.78, 5) is 16.9. The van der Waals surface area contributed by atoms with Crippen LogP contribution in [0.15, 0.2) is 4.79 Å². The van der Waals surface area contributed by atoms with E-state index in [9.17, 15) is 4.79 Å². The lowest BCUT2D eigenvalue weighted by Crippen LogP contribution is -2.13. The normalized spacial score (nSPS) is 10.0. The number of halogens is 2. The van der Waals surface area contributed by atoms with Crippen LogP contribution in [0.25, 0.3) is 0 Å². The van der Waals surface area contributed by atoms with Gasteiger partial charge in [-0.25, -0.2) is 0 Å². The smallest absolute Gasteiger partial charge is 0.268 e. The molecule has 0 aliphatic rings. The van der Waals surface area contributed by atoms with Gasteiger partial charge in [0.1, 0.15) is 9.39 Å². The Morgan fingerprint density at radius 1 is 1.73 bits per heavy atom. The van der Waals surface area contributed by atoms with Gasteiger partial charge in [-0.2, -0.15) is 4.98 Å². The molecule has 1 rings (SSSR count). The zero-order chi connectivity index (χ0) is 8.43. The van der Waals surface area contributed by atoms with E-state index in [0.717, 1.165) is 0 Å². The van der Waals surface area contributed by atoms with Gasteiger partial charge < -0.3 is 10.1 Å². The second kappa shape index (κ2) is 3.40. The fourth-order valence-corrected chi connectivity index (χ4v) is 0.938. The molecule has 6 heteroatoms. The van der Waals surface area contributed by atoms with E-state index >= 15 is 0 Å². The van der Waals surface area contributed by atoms with Gasteiger partial charge >= 0.3 is 0 Å². The van der Waals surface area contributed by atoms with Crippen molar-refractivity contribution in [3.63, 3.8) is 0 Å². The average Bonchev–Trinajstić information content (AvgIpc) is 1.99. The van der Waals surface area contributed by atoms with E-state index in [2.05, 4.69) is 9.97 Å². The number of H-pyrrole nitrogens is 1. The second-order valence-electron chi connectivity index (χ2n) is 1.78. The lowest BCUT2D eigenvalue weighted by Gasteiger charge is -1.96. The molecule has 0 spiro atoms. The molecule has 0 saturated carbocycles. The fraction of sp³-hybridized carbons (Fsp3) is 0.200. The summed E-state index contributed by atoms with van der Waals surface area (Å²) in [6.07, 6.45) is 0. The van der Waals surface area contributed by atoms with E-state index < -0.39 is 0 Å². The molecule has 1 aromatic heterocycles.